The number of hydrazone groups is 1. The number of amides is 2. The zero-order valence-corrected chi connectivity index (χ0v) is 20.9. The van der Waals surface area contributed by atoms with Crippen molar-refractivity contribution < 1.29 is 33.3 Å². The Bertz CT molecular complexity index is 1100. The second-order valence-electron chi connectivity index (χ2n) is 7.87. The minimum atomic E-state index is -0.421. The average Bonchev–Trinajstić information content (AvgIpc) is 3.33. The van der Waals surface area contributed by atoms with Crippen LogP contribution in [0, 0.1) is 0 Å². The molecule has 1 atom stereocenters. The highest BCUT2D eigenvalue weighted by Gasteiger charge is 2.35. The fourth-order valence-electron chi connectivity index (χ4n) is 3.86. The summed E-state index contributed by atoms with van der Waals surface area (Å²) in [6.07, 6.45) is 0.430. The van der Waals surface area contributed by atoms with Crippen molar-refractivity contribution >= 4 is 17.5 Å². The third kappa shape index (κ3) is 5.65. The summed E-state index contributed by atoms with van der Waals surface area (Å²) in [4.78, 5) is 26.8. The number of hydrogen-bond acceptors (Lipinski definition) is 8. The molecule has 0 fully saturated rings. The number of likely N-dealkylation sites (N-methyl/N-ethyl adjacent to an activating group) is 1. The molecule has 0 spiro atoms. The summed E-state index contributed by atoms with van der Waals surface area (Å²) in [5.41, 5.74) is 2.23. The van der Waals surface area contributed by atoms with Crippen molar-refractivity contribution in [1.29, 1.82) is 0 Å². The Labute approximate surface area is 205 Å². The summed E-state index contributed by atoms with van der Waals surface area (Å²) in [7, 11) is 9.25. The van der Waals surface area contributed by atoms with Gasteiger partial charge in [-0.05, 0) is 29.8 Å². The number of rotatable bonds is 10. The van der Waals surface area contributed by atoms with Gasteiger partial charge in [0.25, 0.3) is 5.91 Å². The number of carbonyl (C=O) groups excluding carboxylic acids is 2. The third-order valence-electron chi connectivity index (χ3n) is 5.74. The van der Waals surface area contributed by atoms with Crippen molar-refractivity contribution in [2.24, 2.45) is 5.10 Å². The molecule has 10 heteroatoms. The predicted octanol–water partition coefficient (Wildman–Crippen LogP) is 2.50. The zero-order valence-electron chi connectivity index (χ0n) is 20.9. The van der Waals surface area contributed by atoms with Gasteiger partial charge >= 0.3 is 0 Å². The van der Waals surface area contributed by atoms with Gasteiger partial charge in [-0.1, -0.05) is 6.07 Å². The molecule has 1 aliphatic rings. The zero-order chi connectivity index (χ0) is 25.5. The Morgan fingerprint density at radius 1 is 0.943 bits per heavy atom. The molecule has 188 valence electrons. The molecule has 0 aromatic heterocycles. The Hall–Kier alpha value is -3.79. The minimum Gasteiger partial charge on any atom is -0.497 e. The van der Waals surface area contributed by atoms with Crippen LogP contribution in [-0.2, 0) is 14.3 Å². The van der Waals surface area contributed by atoms with E-state index in [-0.39, 0.29) is 25.0 Å². The van der Waals surface area contributed by atoms with Crippen molar-refractivity contribution in [3.8, 4) is 23.0 Å². The molecule has 1 aliphatic heterocycles. The first-order valence-corrected chi connectivity index (χ1v) is 10.9. The standard InChI is InChI=1S/C25H31N3O7/c1-27(25(30)15-31-2)14-24(29)28-20(16-7-10-21(33-4)23(11-16)35-6)13-19(26-28)18-9-8-17(32-3)12-22(18)34-5/h7-12,20H,13-15H2,1-6H3. The number of methoxy groups -OCH3 is 5. The number of ether oxygens (including phenoxy) is 5. The SMILES string of the molecule is COCC(=O)N(C)CC(=O)N1N=C(c2ccc(OC)cc2OC)CC1c1ccc(OC)c(OC)c1. The molecule has 0 radical (unpaired) electrons. The molecule has 0 saturated carbocycles. The van der Waals surface area contributed by atoms with Crippen LogP contribution >= 0.6 is 0 Å². The molecule has 3 rings (SSSR count). The van der Waals surface area contributed by atoms with Gasteiger partial charge in [0.15, 0.2) is 11.5 Å². The summed E-state index contributed by atoms with van der Waals surface area (Å²) in [6, 6.07) is 10.5. The van der Waals surface area contributed by atoms with Crippen LogP contribution in [0.15, 0.2) is 41.5 Å². The summed E-state index contributed by atoms with van der Waals surface area (Å²) in [6.45, 7) is -0.261. The maximum absolute atomic E-state index is 13.3. The van der Waals surface area contributed by atoms with Crippen LogP contribution in [0.4, 0.5) is 0 Å². The first kappa shape index (κ1) is 25.8. The quantitative estimate of drug-likeness (QED) is 0.510. The van der Waals surface area contributed by atoms with Crippen LogP contribution in [-0.4, -0.2) is 83.2 Å². The van der Waals surface area contributed by atoms with Gasteiger partial charge in [-0.2, -0.15) is 5.10 Å². The van der Waals surface area contributed by atoms with Crippen LogP contribution in [0.25, 0.3) is 0 Å². The molecule has 0 saturated heterocycles. The molecule has 10 nitrogen and oxygen atoms in total. The summed E-state index contributed by atoms with van der Waals surface area (Å²) in [5, 5.41) is 6.09. The van der Waals surface area contributed by atoms with Crippen molar-refractivity contribution in [3.05, 3.63) is 47.5 Å². The van der Waals surface area contributed by atoms with Crippen molar-refractivity contribution in [3.63, 3.8) is 0 Å². The first-order valence-electron chi connectivity index (χ1n) is 10.9. The van der Waals surface area contributed by atoms with E-state index in [0.29, 0.717) is 35.1 Å². The molecule has 0 N–H and O–H groups in total. The molecule has 1 unspecified atom stereocenters. The van der Waals surface area contributed by atoms with E-state index >= 15 is 0 Å². The molecule has 2 aromatic rings. The van der Waals surface area contributed by atoms with Gasteiger partial charge in [-0.15, -0.1) is 0 Å². The Morgan fingerprint density at radius 3 is 2.29 bits per heavy atom. The van der Waals surface area contributed by atoms with Crippen LogP contribution in [0.1, 0.15) is 23.6 Å². The summed E-state index contributed by atoms with van der Waals surface area (Å²) < 4.78 is 26.6. The number of hydrogen-bond donors (Lipinski definition) is 0. The fraction of sp³-hybridized carbons (Fsp3) is 0.400. The topological polar surface area (TPSA) is 99.1 Å². The van der Waals surface area contributed by atoms with Gasteiger partial charge < -0.3 is 28.6 Å². The summed E-state index contributed by atoms with van der Waals surface area (Å²) >= 11 is 0. The molecule has 1 heterocycles. The lowest BCUT2D eigenvalue weighted by molar-refractivity contribution is -0.142. The second-order valence-corrected chi connectivity index (χ2v) is 7.87. The highest BCUT2D eigenvalue weighted by molar-refractivity contribution is 6.05. The molecule has 0 aliphatic carbocycles. The maximum Gasteiger partial charge on any atom is 0.262 e. The molecule has 35 heavy (non-hydrogen) atoms. The molecular formula is C25H31N3O7. The molecular weight excluding hydrogens is 454 g/mol. The highest BCUT2D eigenvalue weighted by atomic mass is 16.5. The largest absolute Gasteiger partial charge is 0.497 e. The van der Waals surface area contributed by atoms with Gasteiger partial charge in [-0.25, -0.2) is 5.01 Å². The lowest BCUT2D eigenvalue weighted by Crippen LogP contribution is -2.40. The first-order chi connectivity index (χ1) is 16.9. The predicted molar refractivity (Wildman–Crippen MR) is 129 cm³/mol. The van der Waals surface area contributed by atoms with Crippen molar-refractivity contribution in [1.82, 2.24) is 9.91 Å². The molecule has 2 amide bonds. The van der Waals surface area contributed by atoms with Crippen LogP contribution in [0.3, 0.4) is 0 Å². The van der Waals surface area contributed by atoms with Gasteiger partial charge in [0, 0.05) is 32.2 Å². The van der Waals surface area contributed by atoms with E-state index in [1.165, 1.54) is 17.0 Å². The number of nitrogens with zero attached hydrogens (tertiary/aromatic N) is 3. The minimum absolute atomic E-state index is 0.111. The lowest BCUT2D eigenvalue weighted by Gasteiger charge is -2.25. The molecule has 2 aromatic carbocycles. The normalized spacial score (nSPS) is 14.9. The van der Waals surface area contributed by atoms with Crippen molar-refractivity contribution in [2.45, 2.75) is 12.5 Å². The highest BCUT2D eigenvalue weighted by Crippen LogP contribution is 2.39. The molecule has 0 bridgehead atoms. The van der Waals surface area contributed by atoms with Gasteiger partial charge in [0.05, 0.1) is 40.2 Å². The monoisotopic (exact) mass is 485 g/mol. The van der Waals surface area contributed by atoms with Crippen molar-refractivity contribution in [2.75, 3.05) is 55.7 Å². The van der Waals surface area contributed by atoms with Gasteiger partial charge in [-0.3, -0.25) is 9.59 Å². The Kier molecular flexibility index (Phi) is 8.53. The van der Waals surface area contributed by atoms with E-state index in [4.69, 9.17) is 23.7 Å². The number of benzene rings is 2. The maximum atomic E-state index is 13.3. The lowest BCUT2D eigenvalue weighted by atomic mass is 9.97. The van der Waals surface area contributed by atoms with E-state index in [1.54, 1.807) is 47.6 Å². The van der Waals surface area contributed by atoms with E-state index in [9.17, 15) is 9.59 Å². The van der Waals surface area contributed by atoms with Gasteiger partial charge in [0.2, 0.25) is 5.91 Å². The second kappa shape index (κ2) is 11.6. The average molecular weight is 486 g/mol. The van der Waals surface area contributed by atoms with E-state index in [2.05, 4.69) is 5.10 Å². The van der Waals surface area contributed by atoms with Crippen LogP contribution in [0.2, 0.25) is 0 Å². The number of carbonyl (C=O) groups is 2. The van der Waals surface area contributed by atoms with E-state index in [0.717, 1.165) is 11.1 Å². The van der Waals surface area contributed by atoms with E-state index < -0.39 is 6.04 Å². The smallest absolute Gasteiger partial charge is 0.262 e. The van der Waals surface area contributed by atoms with E-state index in [1.807, 2.05) is 24.3 Å². The third-order valence-corrected chi connectivity index (χ3v) is 5.74. The van der Waals surface area contributed by atoms with Crippen LogP contribution in [0.5, 0.6) is 23.0 Å². The van der Waals surface area contributed by atoms with Gasteiger partial charge in [0.1, 0.15) is 24.7 Å². The fourth-order valence-corrected chi connectivity index (χ4v) is 3.86. The van der Waals surface area contributed by atoms with Crippen LogP contribution < -0.4 is 18.9 Å². The Balaban J connectivity index is 2.00. The summed E-state index contributed by atoms with van der Waals surface area (Å²) in [5.74, 6) is 1.71. The Morgan fingerprint density at radius 2 is 1.66 bits per heavy atom.